The average molecular weight is 364 g/mol. The molecule has 0 atom stereocenters. The largest absolute Gasteiger partial charge is 0.326 e. The molecular formula is C17H18ClN3O2S. The van der Waals surface area contributed by atoms with Crippen LogP contribution in [0.2, 0.25) is 5.02 Å². The van der Waals surface area contributed by atoms with Gasteiger partial charge in [0.25, 0.3) is 0 Å². The number of hydrazone groups is 1. The standard InChI is InChI=1S/C17H18ClN3O2S/c1-12-14(18)6-2-7-15(12)20-16(22)8-3-9-17(23)21-19-11-13-5-4-10-24-13/h2,4-7,10-11H,3,8-9H2,1H3,(H,20,22)(H,21,23). The van der Waals surface area contributed by atoms with Crippen LogP contribution in [0.25, 0.3) is 0 Å². The van der Waals surface area contributed by atoms with E-state index in [4.69, 9.17) is 11.6 Å². The Morgan fingerprint density at radius 3 is 2.75 bits per heavy atom. The SMILES string of the molecule is Cc1c(Cl)cccc1NC(=O)CCCC(=O)NN=Cc1cccs1. The molecule has 0 spiro atoms. The molecule has 0 fully saturated rings. The maximum Gasteiger partial charge on any atom is 0.240 e. The second kappa shape index (κ2) is 9.20. The molecule has 2 rings (SSSR count). The van der Waals surface area contributed by atoms with Gasteiger partial charge in [-0.2, -0.15) is 5.10 Å². The van der Waals surface area contributed by atoms with Gasteiger partial charge in [-0.3, -0.25) is 9.59 Å². The number of halogens is 1. The maximum atomic E-state index is 11.9. The first-order valence-electron chi connectivity index (χ1n) is 7.46. The molecule has 0 aliphatic rings. The van der Waals surface area contributed by atoms with Crippen LogP contribution < -0.4 is 10.7 Å². The lowest BCUT2D eigenvalue weighted by Crippen LogP contribution is -2.18. The first-order chi connectivity index (χ1) is 11.6. The first-order valence-corrected chi connectivity index (χ1v) is 8.72. The van der Waals surface area contributed by atoms with Crippen molar-refractivity contribution in [3.63, 3.8) is 0 Å². The molecule has 0 unspecified atom stereocenters. The maximum absolute atomic E-state index is 11.9. The monoisotopic (exact) mass is 363 g/mol. The van der Waals surface area contributed by atoms with Gasteiger partial charge in [0.15, 0.2) is 0 Å². The summed E-state index contributed by atoms with van der Waals surface area (Å²) in [6, 6.07) is 9.17. The number of rotatable bonds is 7. The number of nitrogens with zero attached hydrogens (tertiary/aromatic N) is 1. The Morgan fingerprint density at radius 1 is 1.21 bits per heavy atom. The molecule has 126 valence electrons. The lowest BCUT2D eigenvalue weighted by molar-refractivity contribution is -0.121. The van der Waals surface area contributed by atoms with Crippen molar-refractivity contribution in [2.24, 2.45) is 5.10 Å². The Kier molecular flexibility index (Phi) is 6.96. The van der Waals surface area contributed by atoms with Crippen LogP contribution >= 0.6 is 22.9 Å². The highest BCUT2D eigenvalue weighted by molar-refractivity contribution is 7.11. The van der Waals surface area contributed by atoms with Gasteiger partial charge in [-0.15, -0.1) is 11.3 Å². The molecule has 5 nitrogen and oxygen atoms in total. The van der Waals surface area contributed by atoms with E-state index in [-0.39, 0.29) is 24.7 Å². The van der Waals surface area contributed by atoms with E-state index in [0.29, 0.717) is 17.1 Å². The van der Waals surface area contributed by atoms with E-state index in [9.17, 15) is 9.59 Å². The van der Waals surface area contributed by atoms with Crippen molar-refractivity contribution in [3.05, 3.63) is 51.2 Å². The summed E-state index contributed by atoms with van der Waals surface area (Å²) in [5.41, 5.74) is 3.97. The summed E-state index contributed by atoms with van der Waals surface area (Å²) in [5.74, 6) is -0.357. The molecular weight excluding hydrogens is 346 g/mol. The third-order valence-electron chi connectivity index (χ3n) is 3.27. The zero-order valence-corrected chi connectivity index (χ0v) is 14.8. The van der Waals surface area contributed by atoms with Crippen LogP contribution in [0.3, 0.4) is 0 Å². The molecule has 1 aromatic carbocycles. The van der Waals surface area contributed by atoms with Crippen LogP contribution in [-0.4, -0.2) is 18.0 Å². The van der Waals surface area contributed by atoms with E-state index >= 15 is 0 Å². The quantitative estimate of drug-likeness (QED) is 0.577. The molecule has 0 aliphatic carbocycles. The number of hydrogen-bond donors (Lipinski definition) is 2. The lowest BCUT2D eigenvalue weighted by atomic mass is 10.2. The lowest BCUT2D eigenvalue weighted by Gasteiger charge is -2.09. The van der Waals surface area contributed by atoms with Crippen molar-refractivity contribution in [2.75, 3.05) is 5.32 Å². The van der Waals surface area contributed by atoms with Gasteiger partial charge in [0.1, 0.15) is 0 Å². The van der Waals surface area contributed by atoms with E-state index in [1.165, 1.54) is 11.3 Å². The van der Waals surface area contributed by atoms with Crippen LogP contribution in [0.1, 0.15) is 29.7 Å². The molecule has 1 heterocycles. The van der Waals surface area contributed by atoms with Crippen molar-refractivity contribution < 1.29 is 9.59 Å². The van der Waals surface area contributed by atoms with Gasteiger partial charge < -0.3 is 5.32 Å². The number of amides is 2. The number of hydrogen-bond acceptors (Lipinski definition) is 4. The van der Waals surface area contributed by atoms with Gasteiger partial charge in [-0.25, -0.2) is 5.43 Å². The summed E-state index contributed by atoms with van der Waals surface area (Å²) in [6.45, 7) is 1.84. The highest BCUT2D eigenvalue weighted by Gasteiger charge is 2.08. The zero-order valence-electron chi connectivity index (χ0n) is 13.2. The fourth-order valence-corrected chi connectivity index (χ4v) is 2.71. The zero-order chi connectivity index (χ0) is 17.4. The first kappa shape index (κ1) is 18.2. The van der Waals surface area contributed by atoms with Gasteiger partial charge in [0.05, 0.1) is 6.21 Å². The van der Waals surface area contributed by atoms with E-state index < -0.39 is 0 Å². The van der Waals surface area contributed by atoms with E-state index in [1.807, 2.05) is 24.4 Å². The van der Waals surface area contributed by atoms with Crippen molar-refractivity contribution in [1.82, 2.24) is 5.43 Å². The Balaban J connectivity index is 1.68. The number of thiophene rings is 1. The van der Waals surface area contributed by atoms with Crippen LogP contribution in [0.5, 0.6) is 0 Å². The van der Waals surface area contributed by atoms with Gasteiger partial charge >= 0.3 is 0 Å². The molecule has 0 saturated carbocycles. The predicted octanol–water partition coefficient (Wildman–Crippen LogP) is 3.97. The van der Waals surface area contributed by atoms with Gasteiger partial charge in [-0.05, 0) is 42.5 Å². The Morgan fingerprint density at radius 2 is 2.00 bits per heavy atom. The van der Waals surface area contributed by atoms with E-state index in [2.05, 4.69) is 15.8 Å². The highest BCUT2D eigenvalue weighted by atomic mass is 35.5. The van der Waals surface area contributed by atoms with Crippen molar-refractivity contribution in [1.29, 1.82) is 0 Å². The predicted molar refractivity (Wildman–Crippen MR) is 98.7 cm³/mol. The normalized spacial score (nSPS) is 10.8. The fraction of sp³-hybridized carbons (Fsp3) is 0.235. The molecule has 2 amide bonds. The van der Waals surface area contributed by atoms with Gasteiger partial charge in [0.2, 0.25) is 11.8 Å². The molecule has 1 aromatic heterocycles. The van der Waals surface area contributed by atoms with Gasteiger partial charge in [0, 0.05) is 28.4 Å². The van der Waals surface area contributed by atoms with Crippen LogP contribution in [-0.2, 0) is 9.59 Å². The minimum absolute atomic E-state index is 0.143. The summed E-state index contributed by atoms with van der Waals surface area (Å²) in [5, 5.41) is 9.22. The summed E-state index contributed by atoms with van der Waals surface area (Å²) < 4.78 is 0. The van der Waals surface area contributed by atoms with Crippen LogP contribution in [0.15, 0.2) is 40.8 Å². The molecule has 0 aliphatic heterocycles. The van der Waals surface area contributed by atoms with E-state index in [0.717, 1.165) is 10.4 Å². The minimum atomic E-state index is -0.213. The van der Waals surface area contributed by atoms with Crippen molar-refractivity contribution >= 4 is 46.7 Å². The number of anilines is 1. The Hall–Kier alpha value is -2.18. The Labute approximate surface area is 149 Å². The number of carbonyl (C=O) groups excluding carboxylic acids is 2. The summed E-state index contributed by atoms with van der Waals surface area (Å²) >= 11 is 7.55. The second-order valence-electron chi connectivity index (χ2n) is 5.12. The van der Waals surface area contributed by atoms with Crippen molar-refractivity contribution in [3.8, 4) is 0 Å². The molecule has 0 bridgehead atoms. The molecule has 0 saturated heterocycles. The third-order valence-corrected chi connectivity index (χ3v) is 4.49. The molecule has 24 heavy (non-hydrogen) atoms. The summed E-state index contributed by atoms with van der Waals surface area (Å²) in [6.07, 6.45) is 2.54. The summed E-state index contributed by atoms with van der Waals surface area (Å²) in [7, 11) is 0. The number of benzene rings is 1. The average Bonchev–Trinajstić information content (AvgIpc) is 3.05. The second-order valence-corrected chi connectivity index (χ2v) is 6.51. The van der Waals surface area contributed by atoms with Crippen LogP contribution in [0, 0.1) is 6.92 Å². The smallest absolute Gasteiger partial charge is 0.240 e. The number of nitrogens with one attached hydrogen (secondary N) is 2. The number of carbonyl (C=O) groups is 2. The molecule has 7 heteroatoms. The van der Waals surface area contributed by atoms with E-state index in [1.54, 1.807) is 24.4 Å². The Bertz CT molecular complexity index is 729. The topological polar surface area (TPSA) is 70.6 Å². The van der Waals surface area contributed by atoms with Crippen LogP contribution in [0.4, 0.5) is 5.69 Å². The third kappa shape index (κ3) is 5.79. The molecule has 2 N–H and O–H groups in total. The fourth-order valence-electron chi connectivity index (χ4n) is 1.95. The van der Waals surface area contributed by atoms with Gasteiger partial charge in [-0.1, -0.05) is 23.7 Å². The summed E-state index contributed by atoms with van der Waals surface area (Å²) in [4.78, 5) is 24.5. The minimum Gasteiger partial charge on any atom is -0.326 e. The van der Waals surface area contributed by atoms with Crippen molar-refractivity contribution in [2.45, 2.75) is 26.2 Å². The molecule has 0 radical (unpaired) electrons. The molecule has 2 aromatic rings. The highest BCUT2D eigenvalue weighted by Crippen LogP contribution is 2.23.